The molecule has 0 amide bonds. The molecular weight excluding hydrogens is 185 g/mol. The van der Waals surface area contributed by atoms with Gasteiger partial charge in [-0.15, -0.1) is 0 Å². The molecule has 1 aromatic rings. The summed E-state index contributed by atoms with van der Waals surface area (Å²) in [6.07, 6.45) is -0.725. The normalized spacial score (nSPS) is 14.6. The molecule has 0 aromatic carbocycles. The Labute approximate surface area is 81.5 Å². The summed E-state index contributed by atoms with van der Waals surface area (Å²) in [5.74, 6) is 0.368. The molecule has 1 aliphatic heterocycles. The first-order valence-electron chi connectivity index (χ1n) is 4.59. The number of rotatable bonds is 2. The summed E-state index contributed by atoms with van der Waals surface area (Å²) in [5, 5.41) is 3.08. The van der Waals surface area contributed by atoms with E-state index in [0.717, 1.165) is 5.56 Å². The van der Waals surface area contributed by atoms with Gasteiger partial charge in [0.2, 0.25) is 5.88 Å². The molecule has 14 heavy (non-hydrogen) atoms. The minimum absolute atomic E-state index is 0.00556. The second kappa shape index (κ2) is 3.49. The lowest BCUT2D eigenvalue weighted by Crippen LogP contribution is -2.11. The number of hydrogen-bond acceptors (Lipinski definition) is 4. The summed E-state index contributed by atoms with van der Waals surface area (Å²) in [6.45, 7) is 5.00. The third-order valence-corrected chi connectivity index (χ3v) is 1.97. The highest BCUT2D eigenvalue weighted by molar-refractivity contribution is 5.32. The largest absolute Gasteiger partial charge is 0.475 e. The maximum Gasteiger partial charge on any atom is 0.312 e. The van der Waals surface area contributed by atoms with Crippen LogP contribution in [0.3, 0.4) is 0 Å². The third kappa shape index (κ3) is 1.68. The second-order valence-electron chi connectivity index (χ2n) is 3.49. The molecule has 0 spiro atoms. The summed E-state index contributed by atoms with van der Waals surface area (Å²) in [5.41, 5.74) is 1.58. The fourth-order valence-electron chi connectivity index (χ4n) is 1.43. The first-order valence-corrected chi connectivity index (χ1v) is 4.59. The average Bonchev–Trinajstić information content (AvgIpc) is 2.50. The van der Waals surface area contributed by atoms with Crippen LogP contribution in [0.4, 0.5) is 4.39 Å². The lowest BCUT2D eigenvalue weighted by Gasteiger charge is -2.11. The molecular formula is C9H12FN3O. The molecule has 1 N–H and O–H groups in total. The van der Waals surface area contributed by atoms with Crippen molar-refractivity contribution in [1.82, 2.24) is 15.3 Å². The average molecular weight is 197 g/mol. The van der Waals surface area contributed by atoms with Crippen molar-refractivity contribution in [2.24, 2.45) is 0 Å². The number of hydrogen-bond donors (Lipinski definition) is 1. The molecule has 0 atom stereocenters. The number of nitrogens with one attached hydrogen (secondary N) is 1. The molecule has 0 saturated carbocycles. The molecule has 5 heteroatoms. The number of halogens is 1. The van der Waals surface area contributed by atoms with Crippen LogP contribution in [-0.2, 0) is 13.1 Å². The van der Waals surface area contributed by atoms with Crippen LogP contribution >= 0.6 is 0 Å². The van der Waals surface area contributed by atoms with Crippen molar-refractivity contribution in [2.45, 2.75) is 33.0 Å². The Balaban J connectivity index is 2.38. The number of ether oxygens (including phenoxy) is 1. The quantitative estimate of drug-likeness (QED) is 0.719. The van der Waals surface area contributed by atoms with Gasteiger partial charge in [0.1, 0.15) is 0 Å². The lowest BCUT2D eigenvalue weighted by atomic mass is 10.2. The topological polar surface area (TPSA) is 47.0 Å². The van der Waals surface area contributed by atoms with Gasteiger partial charge < -0.3 is 10.1 Å². The standard InChI is InChI=1S/C9H12FN3O/c1-5(2)14-8-6-3-11-4-7(6)12-9(10)13-8/h5,11H,3-4H2,1-2H3. The van der Waals surface area contributed by atoms with Gasteiger partial charge in [-0.05, 0) is 13.8 Å². The van der Waals surface area contributed by atoms with Crippen molar-refractivity contribution in [3.63, 3.8) is 0 Å². The van der Waals surface area contributed by atoms with Crippen molar-refractivity contribution in [3.8, 4) is 5.88 Å². The van der Waals surface area contributed by atoms with E-state index in [-0.39, 0.29) is 6.10 Å². The Morgan fingerprint density at radius 2 is 2.14 bits per heavy atom. The van der Waals surface area contributed by atoms with Gasteiger partial charge in [-0.25, -0.2) is 4.98 Å². The van der Waals surface area contributed by atoms with E-state index in [1.54, 1.807) is 0 Å². The van der Waals surface area contributed by atoms with Gasteiger partial charge in [-0.3, -0.25) is 0 Å². The van der Waals surface area contributed by atoms with E-state index >= 15 is 0 Å². The van der Waals surface area contributed by atoms with Crippen LogP contribution in [0.15, 0.2) is 0 Å². The molecule has 0 unspecified atom stereocenters. The van der Waals surface area contributed by atoms with Crippen molar-refractivity contribution in [1.29, 1.82) is 0 Å². The molecule has 0 bridgehead atoms. The van der Waals surface area contributed by atoms with Crippen molar-refractivity contribution in [2.75, 3.05) is 0 Å². The molecule has 1 aromatic heterocycles. The smallest absolute Gasteiger partial charge is 0.312 e. The zero-order valence-corrected chi connectivity index (χ0v) is 8.17. The summed E-state index contributed by atoms with van der Waals surface area (Å²) in [4.78, 5) is 7.35. The number of fused-ring (bicyclic) bond motifs is 1. The van der Waals surface area contributed by atoms with Gasteiger partial charge in [-0.1, -0.05) is 0 Å². The molecule has 1 aliphatic rings. The molecule has 0 fully saturated rings. The van der Waals surface area contributed by atoms with E-state index in [2.05, 4.69) is 15.3 Å². The first kappa shape index (κ1) is 9.33. The predicted octanol–water partition coefficient (Wildman–Crippen LogP) is 1.01. The molecule has 4 nitrogen and oxygen atoms in total. The maximum atomic E-state index is 12.9. The Morgan fingerprint density at radius 3 is 2.86 bits per heavy atom. The maximum absolute atomic E-state index is 12.9. The minimum Gasteiger partial charge on any atom is -0.475 e. The molecule has 2 heterocycles. The van der Waals surface area contributed by atoms with Crippen LogP contribution in [-0.4, -0.2) is 16.1 Å². The van der Waals surface area contributed by atoms with Crippen LogP contribution in [0.5, 0.6) is 5.88 Å². The third-order valence-electron chi connectivity index (χ3n) is 1.97. The van der Waals surface area contributed by atoms with E-state index in [1.807, 2.05) is 13.8 Å². The lowest BCUT2D eigenvalue weighted by molar-refractivity contribution is 0.225. The van der Waals surface area contributed by atoms with Gasteiger partial charge in [-0.2, -0.15) is 9.37 Å². The highest BCUT2D eigenvalue weighted by Gasteiger charge is 2.20. The van der Waals surface area contributed by atoms with E-state index in [4.69, 9.17) is 4.74 Å². The molecule has 76 valence electrons. The van der Waals surface area contributed by atoms with Crippen molar-refractivity contribution >= 4 is 0 Å². The van der Waals surface area contributed by atoms with E-state index in [0.29, 0.717) is 24.7 Å². The van der Waals surface area contributed by atoms with Crippen LogP contribution in [0.2, 0.25) is 0 Å². The summed E-state index contributed by atoms with van der Waals surface area (Å²) < 4.78 is 18.3. The van der Waals surface area contributed by atoms with Gasteiger partial charge in [0.15, 0.2) is 0 Å². The van der Waals surface area contributed by atoms with Gasteiger partial charge >= 0.3 is 6.08 Å². The summed E-state index contributed by atoms with van der Waals surface area (Å²) in [6, 6.07) is 0. The van der Waals surface area contributed by atoms with E-state index in [9.17, 15) is 4.39 Å². The fraction of sp³-hybridized carbons (Fsp3) is 0.556. The Hall–Kier alpha value is -1.23. The van der Waals surface area contributed by atoms with Crippen molar-refractivity contribution in [3.05, 3.63) is 17.3 Å². The van der Waals surface area contributed by atoms with Gasteiger partial charge in [0.05, 0.1) is 17.4 Å². The number of aromatic nitrogens is 2. The Bertz CT molecular complexity index is 354. The van der Waals surface area contributed by atoms with E-state index < -0.39 is 6.08 Å². The molecule has 0 saturated heterocycles. The van der Waals surface area contributed by atoms with Crippen LogP contribution in [0.1, 0.15) is 25.1 Å². The monoisotopic (exact) mass is 197 g/mol. The molecule has 2 rings (SSSR count). The summed E-state index contributed by atoms with van der Waals surface area (Å²) >= 11 is 0. The SMILES string of the molecule is CC(C)Oc1nc(F)nc2c1CNC2. The number of nitrogens with zero attached hydrogens (tertiary/aromatic N) is 2. The van der Waals surface area contributed by atoms with Crippen LogP contribution < -0.4 is 10.1 Å². The van der Waals surface area contributed by atoms with Crippen molar-refractivity contribution < 1.29 is 9.13 Å². The minimum atomic E-state index is -0.719. The molecule has 0 aliphatic carbocycles. The van der Waals surface area contributed by atoms with Gasteiger partial charge in [0.25, 0.3) is 0 Å². The predicted molar refractivity (Wildman–Crippen MR) is 48.3 cm³/mol. The van der Waals surface area contributed by atoms with E-state index in [1.165, 1.54) is 0 Å². The first-order chi connectivity index (χ1) is 6.66. The Kier molecular flexibility index (Phi) is 2.33. The fourth-order valence-corrected chi connectivity index (χ4v) is 1.43. The summed E-state index contributed by atoms with van der Waals surface area (Å²) in [7, 11) is 0. The van der Waals surface area contributed by atoms with Crippen LogP contribution in [0.25, 0.3) is 0 Å². The Morgan fingerprint density at radius 1 is 1.36 bits per heavy atom. The molecule has 0 radical (unpaired) electrons. The zero-order valence-electron chi connectivity index (χ0n) is 8.17. The second-order valence-corrected chi connectivity index (χ2v) is 3.49. The van der Waals surface area contributed by atoms with Gasteiger partial charge in [0, 0.05) is 13.1 Å². The zero-order chi connectivity index (χ0) is 10.1. The highest BCUT2D eigenvalue weighted by Crippen LogP contribution is 2.23. The van der Waals surface area contributed by atoms with Crippen LogP contribution in [0, 0.1) is 6.08 Å². The highest BCUT2D eigenvalue weighted by atomic mass is 19.1.